The lowest BCUT2D eigenvalue weighted by atomic mass is 9.76. The topological polar surface area (TPSA) is 87.0 Å². The van der Waals surface area contributed by atoms with Crippen molar-refractivity contribution in [1.82, 2.24) is 0 Å². The zero-order chi connectivity index (χ0) is 20.2. The maximum atomic E-state index is 12.4. The van der Waals surface area contributed by atoms with Gasteiger partial charge in [0, 0.05) is 25.0 Å². The summed E-state index contributed by atoms with van der Waals surface area (Å²) in [5, 5.41) is 30.5. The van der Waals surface area contributed by atoms with Gasteiger partial charge < -0.3 is 20.1 Å². The summed E-state index contributed by atoms with van der Waals surface area (Å²) in [5.41, 5.74) is 1.60. The fourth-order valence-corrected chi connectivity index (χ4v) is 4.20. The third kappa shape index (κ3) is 5.09. The minimum atomic E-state index is -0.923. The van der Waals surface area contributed by atoms with Crippen LogP contribution in [0.2, 0.25) is 0 Å². The van der Waals surface area contributed by atoms with Crippen molar-refractivity contribution in [2.75, 3.05) is 13.7 Å². The Morgan fingerprint density at radius 2 is 2.19 bits per heavy atom. The van der Waals surface area contributed by atoms with Gasteiger partial charge in [-0.1, -0.05) is 30.2 Å². The van der Waals surface area contributed by atoms with E-state index in [9.17, 15) is 15.0 Å². The van der Waals surface area contributed by atoms with Crippen LogP contribution in [0.5, 0.6) is 0 Å². The largest absolute Gasteiger partial charge is 0.509 e. The Balaban J connectivity index is 2.17. The molecule has 0 saturated carbocycles. The lowest BCUT2D eigenvalue weighted by Gasteiger charge is -2.33. The molecular weight excluding hydrogens is 344 g/mol. The highest BCUT2D eigenvalue weighted by molar-refractivity contribution is 5.97. The SMILES string of the molecule is CO[C@H]1CCC(=O)C(C[C@H]2C([C@H](C)CC/C=C(\C)CO)=CC[C@@]2(C)O)=C1O. The molecular formula is C22H34O5. The van der Waals surface area contributed by atoms with E-state index in [-0.39, 0.29) is 30.0 Å². The van der Waals surface area contributed by atoms with Gasteiger partial charge in [0.2, 0.25) is 0 Å². The Morgan fingerprint density at radius 1 is 1.48 bits per heavy atom. The zero-order valence-electron chi connectivity index (χ0n) is 17.0. The molecule has 27 heavy (non-hydrogen) atoms. The number of carbonyl (C=O) groups excluding carboxylic acids is 1. The van der Waals surface area contributed by atoms with Crippen LogP contribution in [-0.4, -0.2) is 46.5 Å². The number of allylic oxidation sites excluding steroid dienone is 2. The summed E-state index contributed by atoms with van der Waals surface area (Å²) in [6, 6.07) is 0. The Kier molecular flexibility index (Phi) is 7.43. The van der Waals surface area contributed by atoms with E-state index in [0.717, 1.165) is 24.0 Å². The second kappa shape index (κ2) is 9.18. The van der Waals surface area contributed by atoms with Crippen LogP contribution >= 0.6 is 0 Å². The van der Waals surface area contributed by atoms with Gasteiger partial charge in [0.1, 0.15) is 11.9 Å². The lowest BCUT2D eigenvalue weighted by molar-refractivity contribution is -0.118. The number of methoxy groups -OCH3 is 1. The van der Waals surface area contributed by atoms with Gasteiger partial charge in [-0.2, -0.15) is 0 Å². The van der Waals surface area contributed by atoms with Gasteiger partial charge in [-0.25, -0.2) is 0 Å². The molecule has 0 saturated heterocycles. The average Bonchev–Trinajstić information content (AvgIpc) is 2.92. The minimum Gasteiger partial charge on any atom is -0.509 e. The fourth-order valence-electron chi connectivity index (χ4n) is 4.20. The standard InChI is InChI=1S/C22H34O5/c1-14(13-23)6-5-7-15(2)16-10-11-22(3,26)18(16)12-17-19(24)8-9-20(27-4)21(17)25/h6,10,15,18,20,23,25-26H,5,7-9,11-13H2,1-4H3/b14-6+/t15-,18+,20+,22-/m1/s1. The molecule has 0 unspecified atom stereocenters. The van der Waals surface area contributed by atoms with Crippen molar-refractivity contribution in [3.8, 4) is 0 Å². The first kappa shape index (κ1) is 21.9. The molecule has 0 heterocycles. The maximum Gasteiger partial charge on any atom is 0.162 e. The Morgan fingerprint density at radius 3 is 2.81 bits per heavy atom. The van der Waals surface area contributed by atoms with Crippen molar-refractivity contribution in [3.05, 3.63) is 34.6 Å². The van der Waals surface area contributed by atoms with Gasteiger partial charge >= 0.3 is 0 Å². The first-order valence-electron chi connectivity index (χ1n) is 9.88. The number of rotatable bonds is 8. The molecule has 0 bridgehead atoms. The Labute approximate surface area is 162 Å². The van der Waals surface area contributed by atoms with Crippen LogP contribution in [0.25, 0.3) is 0 Å². The van der Waals surface area contributed by atoms with Crippen molar-refractivity contribution in [3.63, 3.8) is 0 Å². The third-order valence-corrected chi connectivity index (χ3v) is 6.09. The van der Waals surface area contributed by atoms with E-state index in [1.165, 1.54) is 7.11 Å². The van der Waals surface area contributed by atoms with E-state index >= 15 is 0 Å². The van der Waals surface area contributed by atoms with Crippen molar-refractivity contribution in [1.29, 1.82) is 0 Å². The first-order valence-corrected chi connectivity index (χ1v) is 9.88. The third-order valence-electron chi connectivity index (χ3n) is 6.09. The molecule has 0 amide bonds. The number of ketones is 1. The lowest BCUT2D eigenvalue weighted by Crippen LogP contribution is -2.35. The molecule has 2 aliphatic rings. The number of aliphatic hydroxyl groups excluding tert-OH is 2. The number of Topliss-reactive ketones (excluding diaryl/α,β-unsaturated/α-hetero) is 1. The highest BCUT2D eigenvalue weighted by atomic mass is 16.5. The molecule has 152 valence electrons. The molecule has 5 heteroatoms. The summed E-state index contributed by atoms with van der Waals surface area (Å²) in [4.78, 5) is 12.4. The minimum absolute atomic E-state index is 0.0324. The maximum absolute atomic E-state index is 12.4. The van der Waals surface area contributed by atoms with Crippen molar-refractivity contribution in [2.45, 2.75) is 71.0 Å². The number of ether oxygens (including phenoxy) is 1. The Bertz CT molecular complexity index is 641. The van der Waals surface area contributed by atoms with Crippen LogP contribution in [0.15, 0.2) is 34.6 Å². The fraction of sp³-hybridized carbons (Fsp3) is 0.682. The molecule has 0 fully saturated rings. The summed E-state index contributed by atoms with van der Waals surface area (Å²) in [6.07, 6.45) is 7.25. The van der Waals surface area contributed by atoms with Crippen LogP contribution in [0.4, 0.5) is 0 Å². The van der Waals surface area contributed by atoms with Gasteiger partial charge in [-0.15, -0.1) is 0 Å². The molecule has 0 radical (unpaired) electrons. The number of hydrogen-bond donors (Lipinski definition) is 3. The number of carbonyl (C=O) groups is 1. The van der Waals surface area contributed by atoms with Crippen LogP contribution in [0.1, 0.15) is 59.3 Å². The quantitative estimate of drug-likeness (QED) is 0.562. The van der Waals surface area contributed by atoms with Crippen LogP contribution in [0, 0.1) is 11.8 Å². The molecule has 0 aromatic carbocycles. The van der Waals surface area contributed by atoms with Gasteiger partial charge in [-0.05, 0) is 51.9 Å². The summed E-state index contributed by atoms with van der Waals surface area (Å²) in [5.74, 6) is 0.0560. The predicted octanol–water partition coefficient (Wildman–Crippen LogP) is 3.62. The normalized spacial score (nSPS) is 30.7. The summed E-state index contributed by atoms with van der Waals surface area (Å²) >= 11 is 0. The predicted molar refractivity (Wildman–Crippen MR) is 105 cm³/mol. The second-order valence-electron chi connectivity index (χ2n) is 8.26. The van der Waals surface area contributed by atoms with Gasteiger partial charge in [0.05, 0.1) is 12.2 Å². The van der Waals surface area contributed by atoms with Gasteiger partial charge in [0.15, 0.2) is 5.78 Å². The molecule has 2 rings (SSSR count). The van der Waals surface area contributed by atoms with Crippen LogP contribution in [0.3, 0.4) is 0 Å². The van der Waals surface area contributed by atoms with Crippen LogP contribution in [-0.2, 0) is 9.53 Å². The summed E-state index contributed by atoms with van der Waals surface area (Å²) < 4.78 is 5.29. The molecule has 0 aromatic heterocycles. The molecule has 0 spiro atoms. The van der Waals surface area contributed by atoms with Crippen molar-refractivity contribution >= 4 is 5.78 Å². The average molecular weight is 379 g/mol. The van der Waals surface area contributed by atoms with E-state index in [1.54, 1.807) is 0 Å². The molecule has 0 aromatic rings. The molecule has 3 N–H and O–H groups in total. The van der Waals surface area contributed by atoms with Crippen molar-refractivity contribution in [2.24, 2.45) is 11.8 Å². The zero-order valence-corrected chi connectivity index (χ0v) is 17.0. The Hall–Kier alpha value is -1.43. The van der Waals surface area contributed by atoms with E-state index in [1.807, 2.05) is 19.9 Å². The van der Waals surface area contributed by atoms with Crippen molar-refractivity contribution < 1.29 is 24.9 Å². The summed E-state index contributed by atoms with van der Waals surface area (Å²) in [6.45, 7) is 5.92. The smallest absolute Gasteiger partial charge is 0.162 e. The van der Waals surface area contributed by atoms with E-state index in [2.05, 4.69) is 13.0 Å². The molecule has 4 atom stereocenters. The highest BCUT2D eigenvalue weighted by Crippen LogP contribution is 2.45. The monoisotopic (exact) mass is 378 g/mol. The second-order valence-corrected chi connectivity index (χ2v) is 8.26. The van der Waals surface area contributed by atoms with Gasteiger partial charge in [-0.3, -0.25) is 4.79 Å². The van der Waals surface area contributed by atoms with Crippen LogP contribution < -0.4 is 0 Å². The number of hydrogen-bond acceptors (Lipinski definition) is 5. The molecule has 2 aliphatic carbocycles. The number of aliphatic hydroxyl groups is 3. The first-order chi connectivity index (χ1) is 12.7. The molecule has 5 nitrogen and oxygen atoms in total. The van der Waals surface area contributed by atoms with Gasteiger partial charge in [0.25, 0.3) is 0 Å². The van der Waals surface area contributed by atoms with E-state index in [0.29, 0.717) is 31.3 Å². The van der Waals surface area contributed by atoms with E-state index in [4.69, 9.17) is 9.84 Å². The highest BCUT2D eigenvalue weighted by Gasteiger charge is 2.42. The summed E-state index contributed by atoms with van der Waals surface area (Å²) in [7, 11) is 1.54. The molecule has 0 aliphatic heterocycles. The van der Waals surface area contributed by atoms with E-state index < -0.39 is 11.7 Å².